The number of thiophene rings is 1. The highest BCUT2D eigenvalue weighted by molar-refractivity contribution is 7.18. The first-order chi connectivity index (χ1) is 14.4. The maximum Gasteiger partial charge on any atom is 0.185 e. The molecule has 0 saturated carbocycles. The molecule has 0 saturated heterocycles. The van der Waals surface area contributed by atoms with Gasteiger partial charge in [-0.2, -0.15) is 5.10 Å². The summed E-state index contributed by atoms with van der Waals surface area (Å²) in [5.74, 6) is 0.666. The van der Waals surface area contributed by atoms with Crippen molar-refractivity contribution in [3.05, 3.63) is 79.6 Å². The molecule has 146 valence electrons. The predicted octanol–water partition coefficient (Wildman–Crippen LogP) is 4.68. The molecule has 0 atom stereocenters. The van der Waals surface area contributed by atoms with Crippen molar-refractivity contribution < 1.29 is 0 Å². The second-order valence-corrected chi connectivity index (χ2v) is 7.60. The highest BCUT2D eigenvalue weighted by Gasteiger charge is 2.15. The number of rotatable bonds is 3. The number of hydrogen-bond acceptors (Lipinski definition) is 6. The van der Waals surface area contributed by atoms with E-state index in [1.165, 1.54) is 6.33 Å². The van der Waals surface area contributed by atoms with E-state index in [0.717, 1.165) is 37.6 Å². The number of pyridine rings is 1. The fraction of sp³-hybridized carbons (Fsp3) is 0. The molecule has 5 aromatic heterocycles. The smallest absolute Gasteiger partial charge is 0.185 e. The van der Waals surface area contributed by atoms with Crippen molar-refractivity contribution in [2.45, 2.75) is 0 Å². The van der Waals surface area contributed by atoms with Gasteiger partial charge in [0.1, 0.15) is 24.0 Å². The van der Waals surface area contributed by atoms with Gasteiger partial charge in [-0.15, -0.1) is 33.9 Å². The van der Waals surface area contributed by atoms with Crippen LogP contribution in [0.5, 0.6) is 0 Å². The summed E-state index contributed by atoms with van der Waals surface area (Å²) < 4.78 is 3.66. The summed E-state index contributed by atoms with van der Waals surface area (Å²) >= 11 is 1.66. The Hall–Kier alpha value is -3.62. The zero-order chi connectivity index (χ0) is 19.2. The largest absolute Gasteiger partial charge is 0.306 e. The van der Waals surface area contributed by atoms with Gasteiger partial charge in [-0.05, 0) is 24.3 Å². The fourth-order valence-electron chi connectivity index (χ4n) is 3.41. The van der Waals surface area contributed by atoms with Crippen molar-refractivity contribution in [2.24, 2.45) is 0 Å². The minimum absolute atomic E-state index is 0. The third kappa shape index (κ3) is 2.94. The zero-order valence-electron chi connectivity index (χ0n) is 15.5. The molecular weight excluding hydrogens is 418 g/mol. The summed E-state index contributed by atoms with van der Waals surface area (Å²) in [7, 11) is 0. The molecule has 0 aliphatic heterocycles. The predicted molar refractivity (Wildman–Crippen MR) is 119 cm³/mol. The molecule has 6 rings (SSSR count). The summed E-state index contributed by atoms with van der Waals surface area (Å²) in [5, 5.41) is 15.2. The number of hydrogen-bond donors (Lipinski definition) is 0. The quantitative estimate of drug-likeness (QED) is 0.407. The highest BCUT2D eigenvalue weighted by Crippen LogP contribution is 2.36. The first kappa shape index (κ1) is 18.4. The second kappa shape index (κ2) is 7.33. The number of aromatic nitrogens is 7. The van der Waals surface area contributed by atoms with E-state index in [4.69, 9.17) is 4.98 Å². The van der Waals surface area contributed by atoms with Crippen LogP contribution in [0.2, 0.25) is 0 Å². The third-order valence-corrected chi connectivity index (χ3v) is 5.87. The number of nitrogens with zero attached hydrogens (tertiary/aromatic N) is 7. The van der Waals surface area contributed by atoms with Crippen LogP contribution in [0.15, 0.2) is 79.6 Å². The monoisotopic (exact) mass is 431 g/mol. The third-order valence-electron chi connectivity index (χ3n) is 4.76. The van der Waals surface area contributed by atoms with Crippen LogP contribution in [-0.4, -0.2) is 34.3 Å². The summed E-state index contributed by atoms with van der Waals surface area (Å²) in [6.45, 7) is 0. The van der Waals surface area contributed by atoms with Crippen molar-refractivity contribution >= 4 is 40.2 Å². The van der Waals surface area contributed by atoms with Gasteiger partial charge < -0.3 is 4.40 Å². The van der Waals surface area contributed by atoms with Gasteiger partial charge >= 0.3 is 0 Å². The fourth-order valence-corrected chi connectivity index (χ4v) is 4.37. The van der Waals surface area contributed by atoms with Gasteiger partial charge in [0.15, 0.2) is 5.82 Å². The summed E-state index contributed by atoms with van der Waals surface area (Å²) in [6.07, 6.45) is 7.16. The SMILES string of the molecule is Cl.c1ccc2c(-n3cncn3)nnc(-c3ccc(-c4cn5ccccc5n4)s3)c2c1. The lowest BCUT2D eigenvalue weighted by Gasteiger charge is -2.07. The van der Waals surface area contributed by atoms with Gasteiger partial charge in [-0.3, -0.25) is 0 Å². The van der Waals surface area contributed by atoms with Crippen LogP contribution in [0.1, 0.15) is 0 Å². The lowest BCUT2D eigenvalue weighted by atomic mass is 10.1. The van der Waals surface area contributed by atoms with Crippen LogP contribution in [0.4, 0.5) is 0 Å². The highest BCUT2D eigenvalue weighted by atomic mass is 35.5. The zero-order valence-corrected chi connectivity index (χ0v) is 17.1. The molecule has 0 amide bonds. The second-order valence-electron chi connectivity index (χ2n) is 6.51. The molecule has 9 heteroatoms. The number of imidazole rings is 1. The van der Waals surface area contributed by atoms with Crippen molar-refractivity contribution in [1.29, 1.82) is 0 Å². The van der Waals surface area contributed by atoms with E-state index in [0.29, 0.717) is 5.82 Å². The standard InChI is InChI=1S/C21H13N7S.ClH/c1-2-6-15-14(5-1)20(25-26-21(15)28-13-22-12-23-28)18-9-8-17(29-18)16-11-27-10-4-3-7-19(27)24-16;/h1-13H;1H. The van der Waals surface area contributed by atoms with E-state index in [1.807, 2.05) is 53.2 Å². The molecule has 0 fully saturated rings. The van der Waals surface area contributed by atoms with Gasteiger partial charge in [0, 0.05) is 23.2 Å². The number of halogens is 1. The average Bonchev–Trinajstić information content (AvgIpc) is 3.53. The lowest BCUT2D eigenvalue weighted by molar-refractivity contribution is 0.826. The number of fused-ring (bicyclic) bond motifs is 2. The molecule has 0 aliphatic carbocycles. The van der Waals surface area contributed by atoms with Crippen molar-refractivity contribution in [1.82, 2.24) is 34.3 Å². The van der Waals surface area contributed by atoms with E-state index >= 15 is 0 Å². The molecule has 5 heterocycles. The average molecular weight is 432 g/mol. The maximum atomic E-state index is 4.72. The van der Waals surface area contributed by atoms with Gasteiger partial charge in [0.2, 0.25) is 0 Å². The minimum atomic E-state index is 0. The molecule has 0 unspecified atom stereocenters. The summed E-state index contributed by atoms with van der Waals surface area (Å²) in [6, 6.07) is 18.2. The number of benzene rings is 1. The van der Waals surface area contributed by atoms with Crippen LogP contribution in [0.25, 0.3) is 43.4 Å². The van der Waals surface area contributed by atoms with Crippen molar-refractivity contribution in [2.75, 3.05) is 0 Å². The van der Waals surface area contributed by atoms with Crippen LogP contribution < -0.4 is 0 Å². The molecule has 0 N–H and O–H groups in total. The molecule has 7 nitrogen and oxygen atoms in total. The van der Waals surface area contributed by atoms with Crippen molar-refractivity contribution in [3.63, 3.8) is 0 Å². The summed E-state index contributed by atoms with van der Waals surface area (Å²) in [5.41, 5.74) is 2.73. The Morgan fingerprint density at radius 2 is 1.67 bits per heavy atom. The first-order valence-electron chi connectivity index (χ1n) is 9.01. The molecule has 0 bridgehead atoms. The van der Waals surface area contributed by atoms with Gasteiger partial charge in [0.05, 0.1) is 15.4 Å². The first-order valence-corrected chi connectivity index (χ1v) is 9.83. The molecular formula is C21H14ClN7S. The van der Waals surface area contributed by atoms with E-state index in [9.17, 15) is 0 Å². The molecule has 0 radical (unpaired) electrons. The topological polar surface area (TPSA) is 73.8 Å². The van der Waals surface area contributed by atoms with E-state index in [2.05, 4.69) is 38.5 Å². The Morgan fingerprint density at radius 3 is 2.50 bits per heavy atom. The van der Waals surface area contributed by atoms with Crippen LogP contribution in [-0.2, 0) is 0 Å². The van der Waals surface area contributed by atoms with E-state index in [-0.39, 0.29) is 12.4 Å². The van der Waals surface area contributed by atoms with Crippen LogP contribution >= 0.6 is 23.7 Å². The van der Waals surface area contributed by atoms with Gasteiger partial charge in [-0.1, -0.05) is 30.3 Å². The van der Waals surface area contributed by atoms with Crippen LogP contribution in [0, 0.1) is 0 Å². The Morgan fingerprint density at radius 1 is 0.833 bits per heavy atom. The Labute approximate surface area is 181 Å². The van der Waals surface area contributed by atoms with E-state index < -0.39 is 0 Å². The minimum Gasteiger partial charge on any atom is -0.306 e. The van der Waals surface area contributed by atoms with Gasteiger partial charge in [0.25, 0.3) is 0 Å². The molecule has 0 spiro atoms. The molecule has 6 aromatic rings. The molecule has 0 aliphatic rings. The van der Waals surface area contributed by atoms with Gasteiger partial charge in [-0.25, -0.2) is 14.6 Å². The lowest BCUT2D eigenvalue weighted by Crippen LogP contribution is -2.02. The Balaban J connectivity index is 0.00000193. The Bertz CT molecular complexity index is 1440. The maximum absolute atomic E-state index is 4.72. The molecule has 30 heavy (non-hydrogen) atoms. The van der Waals surface area contributed by atoms with Crippen molar-refractivity contribution in [3.8, 4) is 27.0 Å². The normalized spacial score (nSPS) is 11.1. The van der Waals surface area contributed by atoms with E-state index in [1.54, 1.807) is 22.3 Å². The Kier molecular flexibility index (Phi) is 4.50. The molecule has 1 aromatic carbocycles. The summed E-state index contributed by atoms with van der Waals surface area (Å²) in [4.78, 5) is 10.9. The van der Waals surface area contributed by atoms with Crippen LogP contribution in [0.3, 0.4) is 0 Å².